The van der Waals surface area contributed by atoms with Gasteiger partial charge in [0, 0.05) is 12.6 Å². The van der Waals surface area contributed by atoms with E-state index in [4.69, 9.17) is 4.74 Å². The van der Waals surface area contributed by atoms with Crippen LogP contribution in [0.4, 0.5) is 0 Å². The van der Waals surface area contributed by atoms with Crippen LogP contribution >= 0.6 is 0 Å². The zero-order chi connectivity index (χ0) is 9.10. The molecule has 3 atom stereocenters. The molecular weight excluding hydrogens is 162 g/mol. The zero-order valence-corrected chi connectivity index (χ0v) is 8.59. The molecule has 0 amide bonds. The first-order valence-corrected chi connectivity index (χ1v) is 5.69. The topological polar surface area (TPSA) is 21.3 Å². The van der Waals surface area contributed by atoms with Crippen LogP contribution in [-0.4, -0.2) is 25.3 Å². The van der Waals surface area contributed by atoms with Crippen molar-refractivity contribution in [3.63, 3.8) is 0 Å². The highest BCUT2D eigenvalue weighted by Gasteiger charge is 2.24. The van der Waals surface area contributed by atoms with Gasteiger partial charge >= 0.3 is 0 Å². The normalized spacial score (nSPS) is 40.8. The summed E-state index contributed by atoms with van der Waals surface area (Å²) in [5.41, 5.74) is 0. The smallest absolute Gasteiger partial charge is 0.0549 e. The second-order valence-electron chi connectivity index (χ2n) is 4.60. The molecule has 2 heterocycles. The maximum Gasteiger partial charge on any atom is 0.0549 e. The molecule has 0 aromatic rings. The van der Waals surface area contributed by atoms with Crippen molar-refractivity contribution in [1.29, 1.82) is 0 Å². The molecule has 2 saturated heterocycles. The van der Waals surface area contributed by atoms with Crippen LogP contribution in [0.1, 0.15) is 39.0 Å². The van der Waals surface area contributed by atoms with E-state index in [2.05, 4.69) is 12.2 Å². The monoisotopic (exact) mass is 183 g/mol. The molecule has 0 radical (unpaired) electrons. The summed E-state index contributed by atoms with van der Waals surface area (Å²) in [6, 6.07) is 0.815. The van der Waals surface area contributed by atoms with Crippen LogP contribution in [0.5, 0.6) is 0 Å². The Morgan fingerprint density at radius 1 is 1.38 bits per heavy atom. The first-order chi connectivity index (χ1) is 6.34. The minimum atomic E-state index is 0.500. The summed E-state index contributed by atoms with van der Waals surface area (Å²) in [5, 5.41) is 3.58. The van der Waals surface area contributed by atoms with Crippen molar-refractivity contribution in [2.24, 2.45) is 5.92 Å². The van der Waals surface area contributed by atoms with Gasteiger partial charge in [0.25, 0.3) is 0 Å². The highest BCUT2D eigenvalue weighted by molar-refractivity contribution is 4.79. The van der Waals surface area contributed by atoms with Gasteiger partial charge in [-0.25, -0.2) is 0 Å². The van der Waals surface area contributed by atoms with E-state index in [9.17, 15) is 0 Å². The van der Waals surface area contributed by atoms with Crippen molar-refractivity contribution in [3.8, 4) is 0 Å². The van der Waals surface area contributed by atoms with Gasteiger partial charge in [0.2, 0.25) is 0 Å². The maximum atomic E-state index is 5.55. The minimum absolute atomic E-state index is 0.500. The Bertz CT molecular complexity index is 154. The van der Waals surface area contributed by atoms with Crippen LogP contribution in [0.3, 0.4) is 0 Å². The number of hydrogen-bond donors (Lipinski definition) is 1. The second kappa shape index (κ2) is 4.43. The maximum absolute atomic E-state index is 5.55. The SMILES string of the molecule is CC1CC(CC2CCCN2)CCO1. The van der Waals surface area contributed by atoms with E-state index in [-0.39, 0.29) is 0 Å². The molecule has 2 aliphatic rings. The molecule has 2 rings (SSSR count). The van der Waals surface area contributed by atoms with Crippen LogP contribution in [0.25, 0.3) is 0 Å². The molecule has 2 fully saturated rings. The van der Waals surface area contributed by atoms with E-state index in [0.717, 1.165) is 18.6 Å². The van der Waals surface area contributed by atoms with Gasteiger partial charge in [0.15, 0.2) is 0 Å². The molecule has 76 valence electrons. The van der Waals surface area contributed by atoms with Crippen molar-refractivity contribution in [3.05, 3.63) is 0 Å². The largest absolute Gasteiger partial charge is 0.378 e. The van der Waals surface area contributed by atoms with Crippen LogP contribution in [0, 0.1) is 5.92 Å². The van der Waals surface area contributed by atoms with Gasteiger partial charge in [-0.3, -0.25) is 0 Å². The summed E-state index contributed by atoms with van der Waals surface area (Å²) in [6.45, 7) is 4.43. The highest BCUT2D eigenvalue weighted by atomic mass is 16.5. The fraction of sp³-hybridized carbons (Fsp3) is 1.00. The summed E-state index contributed by atoms with van der Waals surface area (Å²) in [4.78, 5) is 0. The molecule has 0 aliphatic carbocycles. The summed E-state index contributed by atoms with van der Waals surface area (Å²) in [7, 11) is 0. The lowest BCUT2D eigenvalue weighted by Crippen LogP contribution is -2.29. The minimum Gasteiger partial charge on any atom is -0.378 e. The van der Waals surface area contributed by atoms with Gasteiger partial charge in [0.05, 0.1) is 6.10 Å². The molecule has 2 nitrogen and oxygen atoms in total. The van der Waals surface area contributed by atoms with Gasteiger partial charge in [0.1, 0.15) is 0 Å². The number of ether oxygens (including phenoxy) is 1. The third kappa shape index (κ3) is 2.68. The molecule has 3 unspecified atom stereocenters. The predicted molar refractivity (Wildman–Crippen MR) is 53.8 cm³/mol. The lowest BCUT2D eigenvalue weighted by Gasteiger charge is -2.29. The van der Waals surface area contributed by atoms with Crippen molar-refractivity contribution >= 4 is 0 Å². The van der Waals surface area contributed by atoms with Crippen molar-refractivity contribution in [2.45, 2.75) is 51.2 Å². The quantitative estimate of drug-likeness (QED) is 0.706. The zero-order valence-electron chi connectivity index (χ0n) is 8.59. The Morgan fingerprint density at radius 2 is 2.31 bits per heavy atom. The van der Waals surface area contributed by atoms with Crippen molar-refractivity contribution in [1.82, 2.24) is 5.32 Å². The van der Waals surface area contributed by atoms with Crippen LogP contribution in [0.2, 0.25) is 0 Å². The molecule has 1 N–H and O–H groups in total. The standard InChI is InChI=1S/C11H21NO/c1-9-7-10(4-6-13-9)8-11-3-2-5-12-11/h9-12H,2-8H2,1H3. The fourth-order valence-electron chi connectivity index (χ4n) is 2.67. The molecule has 0 aromatic heterocycles. The molecule has 13 heavy (non-hydrogen) atoms. The third-order valence-corrected chi connectivity index (χ3v) is 3.37. The Hall–Kier alpha value is -0.0800. The molecule has 0 saturated carbocycles. The Kier molecular flexibility index (Phi) is 3.23. The van der Waals surface area contributed by atoms with E-state index in [1.54, 1.807) is 0 Å². The highest BCUT2D eigenvalue weighted by Crippen LogP contribution is 2.26. The lowest BCUT2D eigenvalue weighted by atomic mass is 9.89. The molecular formula is C11H21NO. The number of hydrogen-bond acceptors (Lipinski definition) is 2. The van der Waals surface area contributed by atoms with E-state index in [1.807, 2.05) is 0 Å². The summed E-state index contributed by atoms with van der Waals surface area (Å²) >= 11 is 0. The summed E-state index contributed by atoms with van der Waals surface area (Å²) in [6.07, 6.45) is 7.21. The van der Waals surface area contributed by atoms with Gasteiger partial charge in [-0.15, -0.1) is 0 Å². The molecule has 2 heteroatoms. The number of nitrogens with one attached hydrogen (secondary N) is 1. The molecule has 0 aromatic carbocycles. The Balaban J connectivity index is 1.73. The van der Waals surface area contributed by atoms with E-state index in [1.165, 1.54) is 38.6 Å². The van der Waals surface area contributed by atoms with Crippen molar-refractivity contribution < 1.29 is 4.74 Å². The summed E-state index contributed by atoms with van der Waals surface area (Å²) < 4.78 is 5.55. The van der Waals surface area contributed by atoms with Gasteiger partial charge in [-0.2, -0.15) is 0 Å². The Morgan fingerprint density at radius 3 is 3.00 bits per heavy atom. The van der Waals surface area contributed by atoms with Gasteiger partial charge in [-0.1, -0.05) is 0 Å². The van der Waals surface area contributed by atoms with Crippen LogP contribution < -0.4 is 5.32 Å². The predicted octanol–water partition coefficient (Wildman–Crippen LogP) is 1.94. The fourth-order valence-corrected chi connectivity index (χ4v) is 2.67. The molecule has 2 aliphatic heterocycles. The average Bonchev–Trinajstić information content (AvgIpc) is 2.57. The first kappa shape index (κ1) is 9.47. The Labute approximate surface area is 81.0 Å². The van der Waals surface area contributed by atoms with Crippen LogP contribution in [0.15, 0.2) is 0 Å². The van der Waals surface area contributed by atoms with Gasteiger partial charge in [-0.05, 0) is 51.5 Å². The number of rotatable bonds is 2. The van der Waals surface area contributed by atoms with Crippen molar-refractivity contribution in [2.75, 3.05) is 13.2 Å². The second-order valence-corrected chi connectivity index (χ2v) is 4.60. The summed E-state index contributed by atoms with van der Waals surface area (Å²) in [5.74, 6) is 0.916. The average molecular weight is 183 g/mol. The molecule has 0 bridgehead atoms. The van der Waals surface area contributed by atoms with E-state index >= 15 is 0 Å². The third-order valence-electron chi connectivity index (χ3n) is 3.37. The van der Waals surface area contributed by atoms with E-state index in [0.29, 0.717) is 6.10 Å². The first-order valence-electron chi connectivity index (χ1n) is 5.69. The van der Waals surface area contributed by atoms with E-state index < -0.39 is 0 Å². The van der Waals surface area contributed by atoms with Crippen LogP contribution in [-0.2, 0) is 4.74 Å². The molecule has 0 spiro atoms. The van der Waals surface area contributed by atoms with Gasteiger partial charge < -0.3 is 10.1 Å². The lowest BCUT2D eigenvalue weighted by molar-refractivity contribution is -0.000869.